The molecule has 0 amide bonds. The predicted molar refractivity (Wildman–Crippen MR) is 48.0 cm³/mol. The van der Waals surface area contributed by atoms with Gasteiger partial charge in [-0.3, -0.25) is 4.79 Å². The van der Waals surface area contributed by atoms with Crippen molar-refractivity contribution in [1.82, 2.24) is 4.90 Å². The molecule has 1 saturated heterocycles. The first-order valence-electron chi connectivity index (χ1n) is 4.89. The van der Waals surface area contributed by atoms with Crippen LogP contribution in [0.15, 0.2) is 0 Å². The highest BCUT2D eigenvalue weighted by atomic mass is 16.1. The van der Waals surface area contributed by atoms with Crippen LogP contribution in [-0.4, -0.2) is 30.3 Å². The highest BCUT2D eigenvalue weighted by Gasteiger charge is 2.44. The van der Waals surface area contributed by atoms with Gasteiger partial charge in [-0.25, -0.2) is 0 Å². The number of carbonyl (C=O) groups is 1. The Morgan fingerprint density at radius 3 is 2.46 bits per heavy atom. The number of nitrogens with zero attached hydrogens (tertiary/aromatic N) is 2. The van der Waals surface area contributed by atoms with Gasteiger partial charge < -0.3 is 4.90 Å². The Kier molecular flexibility index (Phi) is 2.09. The maximum Gasteiger partial charge on any atom is 0.135 e. The molecule has 0 atom stereocenters. The van der Waals surface area contributed by atoms with Crippen molar-refractivity contribution in [3.05, 3.63) is 0 Å². The summed E-state index contributed by atoms with van der Waals surface area (Å²) in [5.74, 6) is 0.373. The van der Waals surface area contributed by atoms with Crippen molar-refractivity contribution in [3.63, 3.8) is 0 Å². The summed E-state index contributed by atoms with van der Waals surface area (Å²) in [6.45, 7) is 2.61. The number of likely N-dealkylation sites (tertiary alicyclic amines) is 1. The summed E-state index contributed by atoms with van der Waals surface area (Å²) in [6.07, 6.45) is 3.46. The zero-order valence-corrected chi connectivity index (χ0v) is 7.75. The van der Waals surface area contributed by atoms with Gasteiger partial charge in [0.25, 0.3) is 0 Å². The van der Waals surface area contributed by atoms with Gasteiger partial charge >= 0.3 is 0 Å². The third-order valence-corrected chi connectivity index (χ3v) is 3.03. The monoisotopic (exact) mass is 178 g/mol. The normalized spacial score (nSPS) is 26.8. The Balaban J connectivity index is 1.83. The van der Waals surface area contributed by atoms with E-state index in [1.54, 1.807) is 0 Å². The van der Waals surface area contributed by atoms with E-state index in [2.05, 4.69) is 11.0 Å². The molecule has 2 fully saturated rings. The molecule has 3 heteroatoms. The van der Waals surface area contributed by atoms with E-state index in [0.29, 0.717) is 18.6 Å². The smallest absolute Gasteiger partial charge is 0.135 e. The molecule has 1 aliphatic heterocycles. The minimum absolute atomic E-state index is 0.0413. The number of carbonyl (C=O) groups excluding carboxylic acids is 1. The number of Topliss-reactive ketones (excluding diaryl/α,β-unsaturated/α-hetero) is 1. The van der Waals surface area contributed by atoms with Crippen LogP contribution in [-0.2, 0) is 4.79 Å². The van der Waals surface area contributed by atoms with Crippen LogP contribution in [0.1, 0.15) is 25.7 Å². The van der Waals surface area contributed by atoms with Gasteiger partial charge in [0, 0.05) is 32.5 Å². The summed E-state index contributed by atoms with van der Waals surface area (Å²) in [6, 6.07) is 2.38. The minimum Gasteiger partial charge on any atom is -0.301 e. The molecule has 1 saturated carbocycles. The first-order chi connectivity index (χ1) is 6.24. The molecule has 2 rings (SSSR count). The SMILES string of the molecule is N#CC1(CN2CCC(=O)CC2)CC1. The topological polar surface area (TPSA) is 44.1 Å². The van der Waals surface area contributed by atoms with E-state index < -0.39 is 0 Å². The van der Waals surface area contributed by atoms with E-state index in [1.165, 1.54) is 0 Å². The van der Waals surface area contributed by atoms with Crippen LogP contribution < -0.4 is 0 Å². The second-order valence-electron chi connectivity index (χ2n) is 4.21. The molecule has 0 aromatic heterocycles. The van der Waals surface area contributed by atoms with Gasteiger partial charge in [-0.1, -0.05) is 0 Å². The Bertz CT molecular complexity index is 253. The average molecular weight is 178 g/mol. The maximum atomic E-state index is 11.0. The molecule has 1 heterocycles. The molecule has 2 aliphatic rings. The highest BCUT2D eigenvalue weighted by Crippen LogP contribution is 2.45. The number of rotatable bonds is 2. The van der Waals surface area contributed by atoms with Crippen LogP contribution >= 0.6 is 0 Å². The van der Waals surface area contributed by atoms with Crippen molar-refractivity contribution in [2.24, 2.45) is 5.41 Å². The number of piperidine rings is 1. The van der Waals surface area contributed by atoms with Crippen molar-refractivity contribution < 1.29 is 4.79 Å². The van der Waals surface area contributed by atoms with Crippen molar-refractivity contribution in [3.8, 4) is 6.07 Å². The number of hydrogen-bond donors (Lipinski definition) is 0. The first kappa shape index (κ1) is 8.71. The van der Waals surface area contributed by atoms with Crippen molar-refractivity contribution >= 4 is 5.78 Å². The van der Waals surface area contributed by atoms with Crippen LogP contribution in [0.2, 0.25) is 0 Å². The van der Waals surface area contributed by atoms with Crippen molar-refractivity contribution in [2.75, 3.05) is 19.6 Å². The predicted octanol–water partition coefficient (Wildman–Crippen LogP) is 0.955. The second-order valence-corrected chi connectivity index (χ2v) is 4.21. The lowest BCUT2D eigenvalue weighted by molar-refractivity contribution is -0.121. The van der Waals surface area contributed by atoms with Gasteiger partial charge in [-0.2, -0.15) is 5.26 Å². The van der Waals surface area contributed by atoms with E-state index >= 15 is 0 Å². The standard InChI is InChI=1S/C10H14N2O/c11-7-10(3-4-10)8-12-5-1-9(13)2-6-12/h1-6,8H2. The van der Waals surface area contributed by atoms with E-state index in [0.717, 1.165) is 32.5 Å². The van der Waals surface area contributed by atoms with Gasteiger partial charge in [0.1, 0.15) is 5.78 Å². The quantitative estimate of drug-likeness (QED) is 0.632. The Labute approximate surface area is 78.3 Å². The zero-order valence-electron chi connectivity index (χ0n) is 7.75. The van der Waals surface area contributed by atoms with E-state index in [1.807, 2.05) is 0 Å². The molecule has 0 N–H and O–H groups in total. The molecule has 1 aliphatic carbocycles. The second kappa shape index (κ2) is 3.12. The van der Waals surface area contributed by atoms with Crippen molar-refractivity contribution in [1.29, 1.82) is 5.26 Å². The highest BCUT2D eigenvalue weighted by molar-refractivity contribution is 5.79. The maximum absolute atomic E-state index is 11.0. The van der Waals surface area contributed by atoms with Crippen LogP contribution in [0.25, 0.3) is 0 Å². The van der Waals surface area contributed by atoms with Gasteiger partial charge in [0.2, 0.25) is 0 Å². The summed E-state index contributed by atoms with van der Waals surface area (Å²) in [4.78, 5) is 13.2. The van der Waals surface area contributed by atoms with Crippen LogP contribution in [0.4, 0.5) is 0 Å². The number of nitriles is 1. The summed E-state index contributed by atoms with van der Waals surface area (Å²) in [5.41, 5.74) is -0.0413. The van der Waals surface area contributed by atoms with Crippen molar-refractivity contribution in [2.45, 2.75) is 25.7 Å². The summed E-state index contributed by atoms with van der Waals surface area (Å²) in [5, 5.41) is 8.90. The Morgan fingerprint density at radius 2 is 2.00 bits per heavy atom. The fourth-order valence-electron chi connectivity index (χ4n) is 1.84. The number of hydrogen-bond acceptors (Lipinski definition) is 3. The fraction of sp³-hybridized carbons (Fsp3) is 0.800. The van der Waals surface area contributed by atoms with Gasteiger partial charge in [0.15, 0.2) is 0 Å². The lowest BCUT2D eigenvalue weighted by atomic mass is 10.1. The first-order valence-corrected chi connectivity index (χ1v) is 4.89. The summed E-state index contributed by atoms with van der Waals surface area (Å²) < 4.78 is 0. The van der Waals surface area contributed by atoms with Crippen LogP contribution in [0, 0.1) is 16.7 Å². The fourth-order valence-corrected chi connectivity index (χ4v) is 1.84. The molecule has 70 valence electrons. The summed E-state index contributed by atoms with van der Waals surface area (Å²) in [7, 11) is 0. The molecular formula is C10H14N2O. The minimum atomic E-state index is -0.0413. The Hall–Kier alpha value is -0.880. The lowest BCUT2D eigenvalue weighted by Gasteiger charge is -2.27. The molecule has 0 unspecified atom stereocenters. The third kappa shape index (κ3) is 1.89. The zero-order chi connectivity index (χ0) is 9.31. The van der Waals surface area contributed by atoms with E-state index in [9.17, 15) is 4.79 Å². The van der Waals surface area contributed by atoms with Gasteiger partial charge in [-0.05, 0) is 12.8 Å². The van der Waals surface area contributed by atoms with Crippen LogP contribution in [0.3, 0.4) is 0 Å². The molecule has 0 bridgehead atoms. The molecule has 0 spiro atoms. The lowest BCUT2D eigenvalue weighted by Crippen LogP contribution is -2.37. The molecule has 13 heavy (non-hydrogen) atoms. The molecular weight excluding hydrogens is 164 g/mol. The average Bonchev–Trinajstić information content (AvgIpc) is 2.90. The molecule has 0 aromatic carbocycles. The summed E-state index contributed by atoms with van der Waals surface area (Å²) >= 11 is 0. The molecule has 0 aromatic rings. The van der Waals surface area contributed by atoms with Gasteiger partial charge in [0.05, 0.1) is 11.5 Å². The Morgan fingerprint density at radius 1 is 1.38 bits per heavy atom. The number of ketones is 1. The van der Waals surface area contributed by atoms with Gasteiger partial charge in [-0.15, -0.1) is 0 Å². The van der Waals surface area contributed by atoms with E-state index in [4.69, 9.17) is 5.26 Å². The molecule has 3 nitrogen and oxygen atoms in total. The largest absolute Gasteiger partial charge is 0.301 e. The van der Waals surface area contributed by atoms with E-state index in [-0.39, 0.29) is 5.41 Å². The van der Waals surface area contributed by atoms with Crippen LogP contribution in [0.5, 0.6) is 0 Å². The third-order valence-electron chi connectivity index (χ3n) is 3.03. The molecule has 0 radical (unpaired) electrons.